The second kappa shape index (κ2) is 8.60. The normalized spacial score (nSPS) is 11.7. The summed E-state index contributed by atoms with van der Waals surface area (Å²) in [4.78, 5) is 0. The van der Waals surface area contributed by atoms with Gasteiger partial charge in [-0.1, -0.05) is 48.5 Å². The molecule has 0 saturated heterocycles. The van der Waals surface area contributed by atoms with Crippen molar-refractivity contribution in [3.8, 4) is 29.0 Å². The molecule has 9 aromatic rings. The van der Waals surface area contributed by atoms with Gasteiger partial charge in [0.1, 0.15) is 28.4 Å². The van der Waals surface area contributed by atoms with Crippen molar-refractivity contribution in [3.63, 3.8) is 0 Å². The highest BCUT2D eigenvalue weighted by molar-refractivity contribution is 6.24. The molecule has 0 N–H and O–H groups in total. The lowest BCUT2D eigenvalue weighted by Gasteiger charge is -2.10. The number of fused-ring (bicyclic) bond motifs is 10. The molecule has 0 atom stereocenters. The Balaban J connectivity index is 1.38. The quantitative estimate of drug-likeness (QED) is 0.215. The third-order valence-corrected chi connectivity index (χ3v) is 8.47. The highest BCUT2D eigenvalue weighted by Gasteiger charge is 2.21. The molecule has 0 aliphatic heterocycles. The van der Waals surface area contributed by atoms with Gasteiger partial charge in [0.2, 0.25) is 0 Å². The maximum atomic E-state index is 10.1. The summed E-state index contributed by atoms with van der Waals surface area (Å²) in [6, 6.07) is 42.7. The van der Waals surface area contributed by atoms with Crippen molar-refractivity contribution < 1.29 is 8.83 Å². The van der Waals surface area contributed by atoms with Crippen molar-refractivity contribution in [3.05, 3.63) is 126 Å². The van der Waals surface area contributed by atoms with Crippen LogP contribution in [0.15, 0.2) is 124 Å². The summed E-state index contributed by atoms with van der Waals surface area (Å²) < 4.78 is 14.8. The van der Waals surface area contributed by atoms with E-state index >= 15 is 0 Å². The maximum absolute atomic E-state index is 10.1. The SMILES string of the molecule is N#Cc1ccc(C#N)c(-n2c3ccc(-c4ccc5c(c4)oc4ccccc45)cc3c3c4oc5ccccc5c4ccc32)c1. The lowest BCUT2D eigenvalue weighted by Crippen LogP contribution is -1.98. The van der Waals surface area contributed by atoms with Crippen LogP contribution in [-0.2, 0) is 0 Å². The topological polar surface area (TPSA) is 78.8 Å². The van der Waals surface area contributed by atoms with E-state index in [1.165, 1.54) is 0 Å². The molecule has 198 valence electrons. The van der Waals surface area contributed by atoms with E-state index in [4.69, 9.17) is 8.83 Å². The fourth-order valence-electron chi connectivity index (χ4n) is 6.51. The molecule has 43 heavy (non-hydrogen) atoms. The molecular weight excluding hydrogens is 530 g/mol. The Morgan fingerprint density at radius 3 is 2.00 bits per heavy atom. The molecule has 0 bridgehead atoms. The Morgan fingerprint density at radius 1 is 0.512 bits per heavy atom. The minimum Gasteiger partial charge on any atom is -0.456 e. The lowest BCUT2D eigenvalue weighted by atomic mass is 10.0. The van der Waals surface area contributed by atoms with E-state index in [1.807, 2.05) is 36.4 Å². The summed E-state index contributed by atoms with van der Waals surface area (Å²) in [6.45, 7) is 0. The Bertz CT molecular complexity index is 2710. The first kappa shape index (κ1) is 23.4. The van der Waals surface area contributed by atoms with Crippen LogP contribution in [0, 0.1) is 22.7 Å². The van der Waals surface area contributed by atoms with Crippen molar-refractivity contribution >= 4 is 65.7 Å². The van der Waals surface area contributed by atoms with Crippen molar-refractivity contribution in [1.29, 1.82) is 10.5 Å². The van der Waals surface area contributed by atoms with Crippen LogP contribution in [0.25, 0.3) is 82.5 Å². The van der Waals surface area contributed by atoms with Gasteiger partial charge in [-0.2, -0.15) is 10.5 Å². The van der Waals surface area contributed by atoms with E-state index in [0.29, 0.717) is 16.8 Å². The molecule has 0 aliphatic rings. The zero-order valence-corrected chi connectivity index (χ0v) is 22.6. The molecule has 0 unspecified atom stereocenters. The maximum Gasteiger partial charge on any atom is 0.145 e. The van der Waals surface area contributed by atoms with Crippen LogP contribution in [0.1, 0.15) is 11.1 Å². The van der Waals surface area contributed by atoms with Gasteiger partial charge in [0.25, 0.3) is 0 Å². The number of hydrogen-bond donors (Lipinski definition) is 0. The number of hydrogen-bond acceptors (Lipinski definition) is 4. The minimum atomic E-state index is 0.488. The molecule has 3 heterocycles. The monoisotopic (exact) mass is 549 g/mol. The van der Waals surface area contributed by atoms with Gasteiger partial charge in [0, 0.05) is 26.9 Å². The first-order valence-corrected chi connectivity index (χ1v) is 14.0. The van der Waals surface area contributed by atoms with Crippen LogP contribution in [0.3, 0.4) is 0 Å². The zero-order chi connectivity index (χ0) is 28.7. The van der Waals surface area contributed by atoms with Gasteiger partial charge in [0.05, 0.1) is 39.3 Å². The lowest BCUT2D eigenvalue weighted by molar-refractivity contribution is 0.669. The first-order valence-electron chi connectivity index (χ1n) is 14.0. The fraction of sp³-hybridized carbons (Fsp3) is 0. The molecule has 0 fully saturated rings. The van der Waals surface area contributed by atoms with E-state index in [9.17, 15) is 10.5 Å². The average Bonchev–Trinajstić information content (AvgIpc) is 3.73. The standard InChI is InChI=1S/C38H19N3O2/c39-20-22-9-10-25(21-40)33(17-22)41-31-15-12-23(24-11-13-28-26-5-1-3-7-34(26)42-36(28)19-24)18-30(31)37-32(41)16-14-29-27-6-2-4-8-35(27)43-38(29)37/h1-19H. The van der Waals surface area contributed by atoms with E-state index in [0.717, 1.165) is 76.8 Å². The molecular formula is C38H19N3O2. The van der Waals surface area contributed by atoms with Gasteiger partial charge < -0.3 is 13.4 Å². The Labute approximate surface area is 244 Å². The Hall–Kier alpha value is -6.30. The summed E-state index contributed by atoms with van der Waals surface area (Å²) in [5.41, 5.74) is 8.86. The molecule has 5 heteroatoms. The largest absolute Gasteiger partial charge is 0.456 e. The third kappa shape index (κ3) is 3.25. The van der Waals surface area contributed by atoms with Crippen LogP contribution in [-0.4, -0.2) is 4.57 Å². The van der Waals surface area contributed by atoms with E-state index in [1.54, 1.807) is 18.2 Å². The molecule has 5 nitrogen and oxygen atoms in total. The van der Waals surface area contributed by atoms with Crippen molar-refractivity contribution in [2.75, 3.05) is 0 Å². The van der Waals surface area contributed by atoms with E-state index in [-0.39, 0.29) is 0 Å². The summed E-state index contributed by atoms with van der Waals surface area (Å²) in [7, 11) is 0. The molecule has 6 aromatic carbocycles. The molecule has 0 amide bonds. The van der Waals surface area contributed by atoms with Crippen molar-refractivity contribution in [2.24, 2.45) is 0 Å². The smallest absolute Gasteiger partial charge is 0.145 e. The molecule has 0 spiro atoms. The van der Waals surface area contributed by atoms with E-state index < -0.39 is 0 Å². The number of nitrogens with zero attached hydrogens (tertiary/aromatic N) is 3. The third-order valence-electron chi connectivity index (χ3n) is 8.47. The van der Waals surface area contributed by atoms with Crippen LogP contribution >= 0.6 is 0 Å². The Kier molecular flexibility index (Phi) is 4.68. The van der Waals surface area contributed by atoms with Crippen LogP contribution < -0.4 is 0 Å². The van der Waals surface area contributed by atoms with Gasteiger partial charge >= 0.3 is 0 Å². The van der Waals surface area contributed by atoms with Gasteiger partial charge in [-0.15, -0.1) is 0 Å². The highest BCUT2D eigenvalue weighted by atomic mass is 16.3. The number of nitriles is 2. The number of para-hydroxylation sites is 2. The highest BCUT2D eigenvalue weighted by Crippen LogP contribution is 2.42. The van der Waals surface area contributed by atoms with Gasteiger partial charge in [0.15, 0.2) is 0 Å². The number of furan rings is 2. The van der Waals surface area contributed by atoms with Crippen LogP contribution in [0.4, 0.5) is 0 Å². The summed E-state index contributed by atoms with van der Waals surface area (Å²) in [6.07, 6.45) is 0. The predicted molar refractivity (Wildman–Crippen MR) is 170 cm³/mol. The average molecular weight is 550 g/mol. The second-order valence-corrected chi connectivity index (χ2v) is 10.8. The molecule has 0 radical (unpaired) electrons. The molecule has 0 saturated carbocycles. The van der Waals surface area contributed by atoms with Crippen LogP contribution in [0.5, 0.6) is 0 Å². The fourth-order valence-corrected chi connectivity index (χ4v) is 6.51. The number of rotatable bonds is 2. The second-order valence-electron chi connectivity index (χ2n) is 10.8. The first-order chi connectivity index (χ1) is 21.2. The van der Waals surface area contributed by atoms with Crippen molar-refractivity contribution in [2.45, 2.75) is 0 Å². The van der Waals surface area contributed by atoms with Gasteiger partial charge in [-0.05, 0) is 77.9 Å². The summed E-state index contributed by atoms with van der Waals surface area (Å²) in [5, 5.41) is 26.0. The molecule has 9 rings (SSSR count). The Morgan fingerprint density at radius 2 is 1.19 bits per heavy atom. The molecule has 3 aromatic heterocycles. The van der Waals surface area contributed by atoms with E-state index in [2.05, 4.69) is 77.4 Å². The number of aromatic nitrogens is 1. The summed E-state index contributed by atoms with van der Waals surface area (Å²) >= 11 is 0. The predicted octanol–water partition coefficient (Wildman–Crippen LogP) is 9.99. The van der Waals surface area contributed by atoms with Crippen LogP contribution in [0.2, 0.25) is 0 Å². The number of benzene rings is 6. The van der Waals surface area contributed by atoms with Gasteiger partial charge in [-0.25, -0.2) is 0 Å². The molecule has 0 aliphatic carbocycles. The van der Waals surface area contributed by atoms with Crippen molar-refractivity contribution in [1.82, 2.24) is 4.57 Å². The minimum absolute atomic E-state index is 0.488. The zero-order valence-electron chi connectivity index (χ0n) is 22.6. The van der Waals surface area contributed by atoms with Gasteiger partial charge in [-0.3, -0.25) is 0 Å². The summed E-state index contributed by atoms with van der Waals surface area (Å²) in [5.74, 6) is 0.